The highest BCUT2D eigenvalue weighted by molar-refractivity contribution is 14.0. The van der Waals surface area contributed by atoms with Crippen LogP contribution in [-0.2, 0) is 0 Å². The summed E-state index contributed by atoms with van der Waals surface area (Å²) in [7, 11) is 0. The maximum absolute atomic E-state index is 9.46. The molecule has 1 heterocycles. The molecule has 0 atom stereocenters. The topological polar surface area (TPSA) is 59.9 Å². The zero-order valence-corrected chi connectivity index (χ0v) is 19.1. The summed E-state index contributed by atoms with van der Waals surface area (Å²) < 4.78 is 0. The van der Waals surface area contributed by atoms with E-state index < -0.39 is 0 Å². The standard InChI is InChI=1S/C20H40N4O.HI/c1-2-21-19(22-13-6-7-14-24-15-8-9-16-24)23-18-20(12-17-25)10-4-3-5-11-20;/h25H,2-18H2,1H3,(H2,21,22,23);1H. The van der Waals surface area contributed by atoms with Crippen molar-refractivity contribution in [3.05, 3.63) is 0 Å². The normalized spacial score (nSPS) is 20.6. The lowest BCUT2D eigenvalue weighted by Gasteiger charge is -2.35. The van der Waals surface area contributed by atoms with Crippen molar-refractivity contribution in [3.8, 4) is 0 Å². The second-order valence-electron chi connectivity index (χ2n) is 7.91. The van der Waals surface area contributed by atoms with Gasteiger partial charge in [0, 0.05) is 26.2 Å². The molecule has 3 N–H and O–H groups in total. The Morgan fingerprint density at radius 2 is 1.77 bits per heavy atom. The highest BCUT2D eigenvalue weighted by Gasteiger charge is 2.31. The summed E-state index contributed by atoms with van der Waals surface area (Å²) in [6.07, 6.45) is 12.5. The highest BCUT2D eigenvalue weighted by Crippen LogP contribution is 2.39. The molecule has 0 spiro atoms. The Morgan fingerprint density at radius 3 is 2.42 bits per heavy atom. The molecular formula is C20H41IN4O. The summed E-state index contributed by atoms with van der Waals surface area (Å²) in [4.78, 5) is 7.46. The first-order valence-electron chi connectivity index (χ1n) is 10.6. The molecule has 154 valence electrons. The van der Waals surface area contributed by atoms with Crippen molar-refractivity contribution in [1.29, 1.82) is 0 Å². The van der Waals surface area contributed by atoms with Gasteiger partial charge in [-0.3, -0.25) is 4.99 Å². The van der Waals surface area contributed by atoms with Gasteiger partial charge in [-0.25, -0.2) is 0 Å². The van der Waals surface area contributed by atoms with Gasteiger partial charge >= 0.3 is 0 Å². The number of hydrogen-bond donors (Lipinski definition) is 3. The van der Waals surface area contributed by atoms with E-state index >= 15 is 0 Å². The van der Waals surface area contributed by atoms with Crippen LogP contribution in [0.25, 0.3) is 0 Å². The Hall–Kier alpha value is -0.0800. The van der Waals surface area contributed by atoms with E-state index in [0.717, 1.165) is 32.0 Å². The minimum absolute atomic E-state index is 0. The highest BCUT2D eigenvalue weighted by atomic mass is 127. The number of aliphatic hydroxyl groups is 1. The third kappa shape index (κ3) is 8.74. The predicted octanol–water partition coefficient (Wildman–Crippen LogP) is 3.37. The smallest absolute Gasteiger partial charge is 0.191 e. The molecule has 6 heteroatoms. The zero-order chi connectivity index (χ0) is 17.8. The molecule has 0 aromatic heterocycles. The van der Waals surface area contributed by atoms with Crippen molar-refractivity contribution in [2.45, 2.75) is 71.1 Å². The number of rotatable bonds is 10. The second-order valence-corrected chi connectivity index (χ2v) is 7.91. The van der Waals surface area contributed by atoms with Gasteiger partial charge in [-0.05, 0) is 76.9 Å². The van der Waals surface area contributed by atoms with Gasteiger partial charge in [0.15, 0.2) is 5.96 Å². The summed E-state index contributed by atoms with van der Waals surface area (Å²) in [5, 5.41) is 16.3. The summed E-state index contributed by atoms with van der Waals surface area (Å²) in [6, 6.07) is 0. The van der Waals surface area contributed by atoms with E-state index in [-0.39, 0.29) is 36.0 Å². The molecule has 1 saturated heterocycles. The van der Waals surface area contributed by atoms with Crippen LogP contribution < -0.4 is 10.6 Å². The molecule has 1 saturated carbocycles. The van der Waals surface area contributed by atoms with Gasteiger partial charge in [-0.15, -0.1) is 24.0 Å². The first-order chi connectivity index (χ1) is 12.3. The molecule has 1 aliphatic heterocycles. The molecule has 26 heavy (non-hydrogen) atoms. The minimum Gasteiger partial charge on any atom is -0.396 e. The lowest BCUT2D eigenvalue weighted by Crippen LogP contribution is -2.39. The van der Waals surface area contributed by atoms with Gasteiger partial charge in [0.2, 0.25) is 0 Å². The number of hydrogen-bond acceptors (Lipinski definition) is 3. The van der Waals surface area contributed by atoms with E-state index in [9.17, 15) is 5.11 Å². The number of halogens is 1. The van der Waals surface area contributed by atoms with E-state index in [2.05, 4.69) is 22.5 Å². The van der Waals surface area contributed by atoms with Crippen molar-refractivity contribution < 1.29 is 5.11 Å². The molecule has 0 bridgehead atoms. The van der Waals surface area contributed by atoms with Crippen LogP contribution >= 0.6 is 24.0 Å². The van der Waals surface area contributed by atoms with Crippen LogP contribution in [-0.4, -0.2) is 61.8 Å². The van der Waals surface area contributed by atoms with Crippen molar-refractivity contribution >= 4 is 29.9 Å². The van der Waals surface area contributed by atoms with E-state index in [4.69, 9.17) is 4.99 Å². The van der Waals surface area contributed by atoms with Gasteiger partial charge in [0.05, 0.1) is 0 Å². The molecule has 5 nitrogen and oxygen atoms in total. The molecule has 2 aliphatic rings. The Balaban J connectivity index is 0.00000338. The number of nitrogens with one attached hydrogen (secondary N) is 2. The van der Waals surface area contributed by atoms with E-state index in [1.54, 1.807) is 0 Å². The van der Waals surface area contributed by atoms with Crippen LogP contribution in [0, 0.1) is 5.41 Å². The Kier molecular flexibility index (Phi) is 12.9. The van der Waals surface area contributed by atoms with Crippen LogP contribution in [0.2, 0.25) is 0 Å². The maximum Gasteiger partial charge on any atom is 0.191 e. The predicted molar refractivity (Wildman–Crippen MR) is 122 cm³/mol. The first-order valence-corrected chi connectivity index (χ1v) is 10.6. The van der Waals surface area contributed by atoms with E-state index in [1.807, 2.05) is 0 Å². The zero-order valence-electron chi connectivity index (χ0n) is 16.8. The summed E-state index contributed by atoms with van der Waals surface area (Å²) >= 11 is 0. The van der Waals surface area contributed by atoms with Crippen LogP contribution in [0.4, 0.5) is 0 Å². The van der Waals surface area contributed by atoms with Crippen LogP contribution in [0.5, 0.6) is 0 Å². The van der Waals surface area contributed by atoms with Crippen LogP contribution in [0.1, 0.15) is 71.1 Å². The Morgan fingerprint density at radius 1 is 1.04 bits per heavy atom. The Labute approximate surface area is 177 Å². The molecule has 0 aromatic rings. The third-order valence-electron chi connectivity index (χ3n) is 5.87. The van der Waals surface area contributed by atoms with Crippen LogP contribution in [0.15, 0.2) is 4.99 Å². The van der Waals surface area contributed by atoms with E-state index in [0.29, 0.717) is 0 Å². The number of unbranched alkanes of at least 4 members (excludes halogenated alkanes) is 1. The SMILES string of the molecule is CCNC(=NCC1(CCO)CCCCC1)NCCCCN1CCCC1.I. The summed E-state index contributed by atoms with van der Waals surface area (Å²) in [5.41, 5.74) is 0.227. The van der Waals surface area contributed by atoms with Gasteiger partial charge in [-0.2, -0.15) is 0 Å². The number of aliphatic imine (C=N–C) groups is 1. The fraction of sp³-hybridized carbons (Fsp3) is 0.950. The number of aliphatic hydroxyl groups excluding tert-OH is 1. The van der Waals surface area contributed by atoms with Crippen molar-refractivity contribution in [3.63, 3.8) is 0 Å². The van der Waals surface area contributed by atoms with Gasteiger partial charge in [0.25, 0.3) is 0 Å². The van der Waals surface area contributed by atoms with Crippen molar-refractivity contribution in [2.24, 2.45) is 10.4 Å². The van der Waals surface area contributed by atoms with Crippen LogP contribution in [0.3, 0.4) is 0 Å². The fourth-order valence-electron chi connectivity index (χ4n) is 4.29. The van der Waals surface area contributed by atoms with Gasteiger partial charge in [-0.1, -0.05) is 19.3 Å². The third-order valence-corrected chi connectivity index (χ3v) is 5.87. The molecule has 0 aromatic carbocycles. The van der Waals surface area contributed by atoms with Gasteiger partial charge < -0.3 is 20.6 Å². The molecule has 0 radical (unpaired) electrons. The monoisotopic (exact) mass is 480 g/mol. The first kappa shape index (κ1) is 24.0. The lowest BCUT2D eigenvalue weighted by molar-refractivity contribution is 0.137. The average molecular weight is 480 g/mol. The van der Waals surface area contributed by atoms with Gasteiger partial charge in [0.1, 0.15) is 0 Å². The number of guanidine groups is 1. The average Bonchev–Trinajstić information content (AvgIpc) is 3.14. The minimum atomic E-state index is 0. The summed E-state index contributed by atoms with van der Waals surface area (Å²) in [6.45, 7) is 8.98. The number of nitrogens with zero attached hydrogens (tertiary/aromatic N) is 2. The fourth-order valence-corrected chi connectivity index (χ4v) is 4.29. The Bertz CT molecular complexity index is 374. The molecular weight excluding hydrogens is 439 g/mol. The van der Waals surface area contributed by atoms with E-state index in [1.165, 1.54) is 77.4 Å². The molecule has 2 fully saturated rings. The van der Waals surface area contributed by atoms with Crippen molar-refractivity contribution in [2.75, 3.05) is 45.9 Å². The second kappa shape index (κ2) is 14.0. The molecule has 0 amide bonds. The summed E-state index contributed by atoms with van der Waals surface area (Å²) in [5.74, 6) is 0.951. The largest absolute Gasteiger partial charge is 0.396 e. The quantitative estimate of drug-likeness (QED) is 0.194. The molecule has 0 unspecified atom stereocenters. The molecule has 1 aliphatic carbocycles. The van der Waals surface area contributed by atoms with Crippen molar-refractivity contribution in [1.82, 2.24) is 15.5 Å². The molecule has 2 rings (SSSR count). The maximum atomic E-state index is 9.46. The number of likely N-dealkylation sites (tertiary alicyclic amines) is 1. The lowest BCUT2D eigenvalue weighted by atomic mass is 9.72.